The molecule has 5 heteroatoms. The predicted molar refractivity (Wildman–Crippen MR) is 93.3 cm³/mol. The van der Waals surface area contributed by atoms with Gasteiger partial charge in [0.2, 0.25) is 0 Å². The van der Waals surface area contributed by atoms with Crippen molar-refractivity contribution in [2.45, 2.75) is 51.5 Å². The van der Waals surface area contributed by atoms with E-state index in [1.54, 1.807) is 6.92 Å². The molecule has 126 valence electrons. The molecule has 1 saturated carbocycles. The molecule has 1 fully saturated rings. The third kappa shape index (κ3) is 5.06. The summed E-state index contributed by atoms with van der Waals surface area (Å²) in [6, 6.07) is 7.68. The Hall–Kier alpha value is -1.36. The van der Waals surface area contributed by atoms with Gasteiger partial charge in [-0.2, -0.15) is 0 Å². The molecule has 1 aromatic carbocycles. The monoisotopic (exact) mass is 381 g/mol. The fourth-order valence-electron chi connectivity index (χ4n) is 3.08. The standard InChI is InChI=1S/C18H24BrNO3/c1-2-23-17(21)12-13-20(14-8-4-3-5-9-14)18(22)15-10-6-7-11-16(15)19/h6-7,10-11,14H,2-5,8-9,12-13H2,1H3. The first-order valence-electron chi connectivity index (χ1n) is 8.34. The molecule has 23 heavy (non-hydrogen) atoms. The van der Waals surface area contributed by atoms with Crippen LogP contribution in [0.2, 0.25) is 0 Å². The van der Waals surface area contributed by atoms with E-state index in [2.05, 4.69) is 15.9 Å². The van der Waals surface area contributed by atoms with E-state index in [4.69, 9.17) is 4.74 Å². The van der Waals surface area contributed by atoms with Gasteiger partial charge < -0.3 is 9.64 Å². The highest BCUT2D eigenvalue weighted by Gasteiger charge is 2.27. The molecule has 0 saturated heterocycles. The van der Waals surface area contributed by atoms with Crippen molar-refractivity contribution in [1.29, 1.82) is 0 Å². The summed E-state index contributed by atoms with van der Waals surface area (Å²) in [5, 5.41) is 0. The molecular weight excluding hydrogens is 358 g/mol. The number of benzene rings is 1. The van der Waals surface area contributed by atoms with Gasteiger partial charge in [-0.1, -0.05) is 31.4 Å². The van der Waals surface area contributed by atoms with Crippen LogP contribution >= 0.6 is 15.9 Å². The Balaban J connectivity index is 2.13. The van der Waals surface area contributed by atoms with Crippen LogP contribution in [-0.2, 0) is 9.53 Å². The number of carbonyl (C=O) groups excluding carboxylic acids is 2. The molecular formula is C18H24BrNO3. The van der Waals surface area contributed by atoms with E-state index in [0.717, 1.165) is 30.2 Å². The summed E-state index contributed by atoms with van der Waals surface area (Å²) in [6.45, 7) is 2.59. The molecule has 0 bridgehead atoms. The molecule has 0 aromatic heterocycles. The van der Waals surface area contributed by atoms with Crippen molar-refractivity contribution < 1.29 is 14.3 Å². The summed E-state index contributed by atoms with van der Waals surface area (Å²) in [5.41, 5.74) is 0.655. The fourth-order valence-corrected chi connectivity index (χ4v) is 3.53. The normalized spacial score (nSPS) is 15.2. The average molecular weight is 382 g/mol. The number of halogens is 1. The number of esters is 1. The van der Waals surface area contributed by atoms with Gasteiger partial charge in [-0.05, 0) is 47.8 Å². The summed E-state index contributed by atoms with van der Waals surface area (Å²) < 4.78 is 5.80. The Morgan fingerprint density at radius 3 is 2.57 bits per heavy atom. The van der Waals surface area contributed by atoms with Gasteiger partial charge in [-0.3, -0.25) is 9.59 Å². The summed E-state index contributed by atoms with van der Waals surface area (Å²) >= 11 is 3.45. The van der Waals surface area contributed by atoms with Crippen LogP contribution in [0.1, 0.15) is 55.8 Å². The van der Waals surface area contributed by atoms with Gasteiger partial charge in [-0.15, -0.1) is 0 Å². The highest BCUT2D eigenvalue weighted by molar-refractivity contribution is 9.10. The van der Waals surface area contributed by atoms with Gasteiger partial charge in [0.1, 0.15) is 0 Å². The maximum Gasteiger partial charge on any atom is 0.307 e. The summed E-state index contributed by atoms with van der Waals surface area (Å²) in [4.78, 5) is 26.5. The molecule has 0 radical (unpaired) electrons. The first kappa shape index (κ1) is 18.0. The van der Waals surface area contributed by atoms with Crippen LogP contribution in [-0.4, -0.2) is 36.0 Å². The van der Waals surface area contributed by atoms with Gasteiger partial charge in [0.25, 0.3) is 5.91 Å². The van der Waals surface area contributed by atoms with Gasteiger partial charge in [0.15, 0.2) is 0 Å². The summed E-state index contributed by atoms with van der Waals surface area (Å²) in [7, 11) is 0. The second kappa shape index (κ2) is 9.06. The Morgan fingerprint density at radius 1 is 1.22 bits per heavy atom. The molecule has 0 N–H and O–H groups in total. The number of hydrogen-bond acceptors (Lipinski definition) is 3. The van der Waals surface area contributed by atoms with Gasteiger partial charge in [-0.25, -0.2) is 0 Å². The average Bonchev–Trinajstić information content (AvgIpc) is 2.56. The van der Waals surface area contributed by atoms with E-state index in [1.165, 1.54) is 6.42 Å². The topological polar surface area (TPSA) is 46.6 Å². The van der Waals surface area contributed by atoms with Crippen LogP contribution in [0.25, 0.3) is 0 Å². The van der Waals surface area contributed by atoms with Crippen molar-refractivity contribution >= 4 is 27.8 Å². The molecule has 1 amide bonds. The number of rotatable bonds is 6. The molecule has 1 aliphatic rings. The van der Waals surface area contributed by atoms with E-state index in [1.807, 2.05) is 29.2 Å². The lowest BCUT2D eigenvalue weighted by molar-refractivity contribution is -0.143. The summed E-state index contributed by atoms with van der Waals surface area (Å²) in [6.07, 6.45) is 5.79. The van der Waals surface area contributed by atoms with Crippen molar-refractivity contribution in [2.24, 2.45) is 0 Å². The quantitative estimate of drug-likeness (QED) is 0.694. The number of hydrogen-bond donors (Lipinski definition) is 0. The minimum Gasteiger partial charge on any atom is -0.466 e. The van der Waals surface area contributed by atoms with Gasteiger partial charge in [0, 0.05) is 17.1 Å². The van der Waals surface area contributed by atoms with Crippen LogP contribution < -0.4 is 0 Å². The lowest BCUT2D eigenvalue weighted by Gasteiger charge is -2.34. The predicted octanol–water partition coefficient (Wildman–Crippen LogP) is 4.18. The van der Waals surface area contributed by atoms with E-state index < -0.39 is 0 Å². The second-order valence-electron chi connectivity index (χ2n) is 5.83. The van der Waals surface area contributed by atoms with Gasteiger partial charge >= 0.3 is 5.97 Å². The molecule has 0 spiro atoms. The Morgan fingerprint density at radius 2 is 1.91 bits per heavy atom. The Kier molecular flexibility index (Phi) is 7.09. The van der Waals surface area contributed by atoms with Crippen LogP contribution in [0.3, 0.4) is 0 Å². The van der Waals surface area contributed by atoms with Crippen molar-refractivity contribution in [3.05, 3.63) is 34.3 Å². The SMILES string of the molecule is CCOC(=O)CCN(C(=O)c1ccccc1Br)C1CCCCC1. The second-order valence-corrected chi connectivity index (χ2v) is 6.68. The van der Waals surface area contributed by atoms with Gasteiger partial charge in [0.05, 0.1) is 18.6 Å². The van der Waals surface area contributed by atoms with E-state index in [0.29, 0.717) is 18.7 Å². The zero-order valence-electron chi connectivity index (χ0n) is 13.6. The van der Waals surface area contributed by atoms with Crippen molar-refractivity contribution in [1.82, 2.24) is 4.90 Å². The van der Waals surface area contributed by atoms with Crippen molar-refractivity contribution in [2.75, 3.05) is 13.2 Å². The molecule has 0 aliphatic heterocycles. The zero-order chi connectivity index (χ0) is 16.7. The lowest BCUT2D eigenvalue weighted by Crippen LogP contribution is -2.42. The molecule has 0 heterocycles. The third-order valence-electron chi connectivity index (χ3n) is 4.24. The first-order chi connectivity index (χ1) is 11.1. The minimum atomic E-state index is -0.242. The Labute approximate surface area is 146 Å². The van der Waals surface area contributed by atoms with E-state index >= 15 is 0 Å². The molecule has 1 aliphatic carbocycles. The highest BCUT2D eigenvalue weighted by atomic mass is 79.9. The van der Waals surface area contributed by atoms with E-state index in [-0.39, 0.29) is 24.3 Å². The third-order valence-corrected chi connectivity index (χ3v) is 4.93. The minimum absolute atomic E-state index is 0.00586. The molecule has 4 nitrogen and oxygen atoms in total. The fraction of sp³-hybridized carbons (Fsp3) is 0.556. The van der Waals surface area contributed by atoms with Crippen molar-refractivity contribution in [3.63, 3.8) is 0 Å². The zero-order valence-corrected chi connectivity index (χ0v) is 15.2. The van der Waals surface area contributed by atoms with E-state index in [9.17, 15) is 9.59 Å². The van der Waals surface area contributed by atoms with Crippen LogP contribution in [0.15, 0.2) is 28.7 Å². The van der Waals surface area contributed by atoms with Crippen LogP contribution in [0.4, 0.5) is 0 Å². The maximum absolute atomic E-state index is 13.0. The summed E-state index contributed by atoms with van der Waals surface area (Å²) in [5.74, 6) is -0.248. The number of nitrogens with zero attached hydrogens (tertiary/aromatic N) is 1. The molecule has 2 rings (SSSR count). The first-order valence-corrected chi connectivity index (χ1v) is 9.14. The van der Waals surface area contributed by atoms with Crippen molar-refractivity contribution in [3.8, 4) is 0 Å². The maximum atomic E-state index is 13.0. The molecule has 0 atom stereocenters. The van der Waals surface area contributed by atoms with Crippen LogP contribution in [0.5, 0.6) is 0 Å². The largest absolute Gasteiger partial charge is 0.466 e. The number of amides is 1. The molecule has 1 aromatic rings. The smallest absolute Gasteiger partial charge is 0.307 e. The molecule has 0 unspecified atom stereocenters. The Bertz CT molecular complexity index is 541. The highest BCUT2D eigenvalue weighted by Crippen LogP contribution is 2.26. The number of carbonyl (C=O) groups is 2. The number of ether oxygens (including phenoxy) is 1. The lowest BCUT2D eigenvalue weighted by atomic mass is 9.93. The van der Waals surface area contributed by atoms with Crippen LogP contribution in [0, 0.1) is 0 Å².